The van der Waals surface area contributed by atoms with Crippen molar-refractivity contribution in [2.45, 2.75) is 18.8 Å². The van der Waals surface area contributed by atoms with E-state index in [0.717, 1.165) is 24.4 Å². The van der Waals surface area contributed by atoms with Crippen molar-refractivity contribution in [3.8, 4) is 5.75 Å². The van der Waals surface area contributed by atoms with E-state index < -0.39 is 7.12 Å². The molecular formula is C14H22BNO5. The molecule has 0 saturated carbocycles. The molecule has 0 spiro atoms. The van der Waals surface area contributed by atoms with Crippen LogP contribution in [-0.2, 0) is 16.0 Å². The summed E-state index contributed by atoms with van der Waals surface area (Å²) < 4.78 is 16.2. The summed E-state index contributed by atoms with van der Waals surface area (Å²) in [4.78, 5) is 2.20. The normalized spacial score (nSPS) is 22.5. The second-order valence-electron chi connectivity index (χ2n) is 5.19. The van der Waals surface area contributed by atoms with Gasteiger partial charge in [0.2, 0.25) is 0 Å². The van der Waals surface area contributed by atoms with E-state index in [9.17, 15) is 10.0 Å². The van der Waals surface area contributed by atoms with Crippen LogP contribution in [0.5, 0.6) is 5.75 Å². The number of nitrogens with zero attached hydrogens (tertiary/aromatic N) is 1. The maximum Gasteiger partial charge on any atom is 0.488 e. The summed E-state index contributed by atoms with van der Waals surface area (Å²) in [5, 5.41) is 18.6. The minimum Gasteiger partial charge on any atom is -0.496 e. The highest BCUT2D eigenvalue weighted by atomic mass is 16.5. The molecule has 21 heavy (non-hydrogen) atoms. The van der Waals surface area contributed by atoms with E-state index in [4.69, 9.17) is 14.2 Å². The molecule has 2 unspecified atom stereocenters. The van der Waals surface area contributed by atoms with Crippen LogP contribution >= 0.6 is 0 Å². The molecule has 7 heteroatoms. The Morgan fingerprint density at radius 3 is 2.24 bits per heavy atom. The molecule has 0 bridgehead atoms. The van der Waals surface area contributed by atoms with Crippen LogP contribution in [-0.4, -0.2) is 68.7 Å². The highest BCUT2D eigenvalue weighted by Crippen LogP contribution is 2.23. The largest absolute Gasteiger partial charge is 0.496 e. The van der Waals surface area contributed by atoms with E-state index in [0.29, 0.717) is 12.0 Å². The van der Waals surface area contributed by atoms with Crippen LogP contribution in [0.25, 0.3) is 0 Å². The van der Waals surface area contributed by atoms with Gasteiger partial charge in [-0.1, -0.05) is 12.1 Å². The van der Waals surface area contributed by atoms with Gasteiger partial charge in [-0.2, -0.15) is 0 Å². The van der Waals surface area contributed by atoms with Gasteiger partial charge >= 0.3 is 7.12 Å². The summed E-state index contributed by atoms with van der Waals surface area (Å²) in [7, 11) is 3.49. The van der Waals surface area contributed by atoms with E-state index >= 15 is 0 Å². The predicted octanol–water partition coefficient (Wildman–Crippen LogP) is -0.779. The zero-order valence-electron chi connectivity index (χ0n) is 12.7. The number of hydrogen-bond acceptors (Lipinski definition) is 6. The van der Waals surface area contributed by atoms with E-state index in [2.05, 4.69) is 4.90 Å². The molecule has 1 aromatic rings. The molecule has 1 aliphatic rings. The molecule has 1 fully saturated rings. The van der Waals surface area contributed by atoms with Gasteiger partial charge in [0.05, 0.1) is 19.3 Å². The van der Waals surface area contributed by atoms with Gasteiger partial charge in [-0.25, -0.2) is 0 Å². The quantitative estimate of drug-likeness (QED) is 0.671. The number of hydrogen-bond donors (Lipinski definition) is 2. The third-order valence-electron chi connectivity index (χ3n) is 3.89. The number of ether oxygens (including phenoxy) is 3. The summed E-state index contributed by atoms with van der Waals surface area (Å²) in [6.45, 7) is 2.18. The van der Waals surface area contributed by atoms with Crippen LogP contribution in [0.1, 0.15) is 5.56 Å². The molecule has 0 aliphatic carbocycles. The minimum atomic E-state index is -1.48. The van der Waals surface area contributed by atoms with Crippen molar-refractivity contribution in [1.29, 1.82) is 0 Å². The molecule has 116 valence electrons. The maximum atomic E-state index is 9.29. The topological polar surface area (TPSA) is 71.4 Å². The highest BCUT2D eigenvalue weighted by molar-refractivity contribution is 6.58. The fraction of sp³-hybridized carbons (Fsp3) is 0.571. The average Bonchev–Trinajstić information content (AvgIpc) is 2.89. The first-order chi connectivity index (χ1) is 10.1. The second kappa shape index (κ2) is 7.24. The molecule has 0 amide bonds. The third-order valence-corrected chi connectivity index (χ3v) is 3.89. The smallest absolute Gasteiger partial charge is 0.488 e. The van der Waals surface area contributed by atoms with Gasteiger partial charge in [0.15, 0.2) is 0 Å². The van der Waals surface area contributed by atoms with Crippen molar-refractivity contribution in [3.05, 3.63) is 23.8 Å². The number of rotatable bonds is 6. The summed E-state index contributed by atoms with van der Waals surface area (Å²) in [6, 6.07) is 5.15. The lowest BCUT2D eigenvalue weighted by atomic mass is 9.79. The Balaban J connectivity index is 2.13. The van der Waals surface area contributed by atoms with E-state index in [1.165, 1.54) is 0 Å². The Hall–Kier alpha value is -1.12. The lowest BCUT2D eigenvalue weighted by Gasteiger charge is -2.18. The standard InChI is InChI=1S/C14H22BNO5/c1-19-12-5-4-11(15(17)18)6-10(12)7-16-8-13(20-2)14(9-16)21-3/h4-6,13-14,17-18H,7-9H2,1-3H3. The van der Waals surface area contributed by atoms with Crippen molar-refractivity contribution in [2.24, 2.45) is 0 Å². The zero-order chi connectivity index (χ0) is 15.4. The monoisotopic (exact) mass is 295 g/mol. The van der Waals surface area contributed by atoms with E-state index in [1.807, 2.05) is 0 Å². The first-order valence-electron chi connectivity index (χ1n) is 6.90. The molecule has 6 nitrogen and oxygen atoms in total. The Bertz CT molecular complexity index is 459. The van der Waals surface area contributed by atoms with E-state index in [-0.39, 0.29) is 12.2 Å². The summed E-state index contributed by atoms with van der Waals surface area (Å²) >= 11 is 0. The lowest BCUT2D eigenvalue weighted by Crippen LogP contribution is -2.31. The molecule has 2 N–H and O–H groups in total. The molecule has 1 saturated heterocycles. The second-order valence-corrected chi connectivity index (χ2v) is 5.19. The Morgan fingerprint density at radius 2 is 1.76 bits per heavy atom. The first-order valence-corrected chi connectivity index (χ1v) is 6.90. The fourth-order valence-corrected chi connectivity index (χ4v) is 2.72. The molecule has 0 radical (unpaired) electrons. The van der Waals surface area contributed by atoms with E-state index in [1.54, 1.807) is 39.5 Å². The minimum absolute atomic E-state index is 0.0487. The Kier molecular flexibility index (Phi) is 5.61. The number of likely N-dealkylation sites (tertiary alicyclic amines) is 1. The van der Waals surface area contributed by atoms with Gasteiger partial charge in [0.1, 0.15) is 5.75 Å². The number of methoxy groups -OCH3 is 3. The molecule has 1 heterocycles. The van der Waals surface area contributed by atoms with Crippen molar-refractivity contribution in [2.75, 3.05) is 34.4 Å². The van der Waals surface area contributed by atoms with Crippen LogP contribution in [0.2, 0.25) is 0 Å². The zero-order valence-corrected chi connectivity index (χ0v) is 12.7. The molecule has 2 rings (SSSR count). The first kappa shape index (κ1) is 16.3. The van der Waals surface area contributed by atoms with Crippen LogP contribution in [0, 0.1) is 0 Å². The van der Waals surface area contributed by atoms with Gasteiger partial charge in [-0.05, 0) is 11.5 Å². The molecule has 2 atom stereocenters. The van der Waals surface area contributed by atoms with Crippen LogP contribution in [0.3, 0.4) is 0 Å². The van der Waals surface area contributed by atoms with Crippen molar-refractivity contribution in [3.63, 3.8) is 0 Å². The van der Waals surface area contributed by atoms with Crippen LogP contribution in [0.15, 0.2) is 18.2 Å². The summed E-state index contributed by atoms with van der Waals surface area (Å²) in [5.74, 6) is 0.731. The average molecular weight is 295 g/mol. The molecule has 1 aromatic carbocycles. The summed E-state index contributed by atoms with van der Waals surface area (Å²) in [6.07, 6.45) is 0.0974. The SMILES string of the molecule is COc1ccc(B(O)O)cc1CN1CC(OC)C(OC)C1. The number of benzene rings is 1. The Morgan fingerprint density at radius 1 is 1.14 bits per heavy atom. The van der Waals surface area contributed by atoms with Gasteiger partial charge in [-0.3, -0.25) is 4.90 Å². The fourth-order valence-electron chi connectivity index (χ4n) is 2.72. The van der Waals surface area contributed by atoms with Gasteiger partial charge in [0.25, 0.3) is 0 Å². The van der Waals surface area contributed by atoms with Crippen molar-refractivity contribution in [1.82, 2.24) is 4.90 Å². The molecule has 0 aromatic heterocycles. The molecular weight excluding hydrogens is 273 g/mol. The van der Waals surface area contributed by atoms with Crippen molar-refractivity contribution >= 4 is 12.6 Å². The van der Waals surface area contributed by atoms with Gasteiger partial charge < -0.3 is 24.3 Å². The molecule has 1 aliphatic heterocycles. The predicted molar refractivity (Wildman–Crippen MR) is 79.7 cm³/mol. The third kappa shape index (κ3) is 3.75. The maximum absolute atomic E-state index is 9.29. The van der Waals surface area contributed by atoms with Gasteiger partial charge in [-0.15, -0.1) is 0 Å². The lowest BCUT2D eigenvalue weighted by molar-refractivity contribution is -0.00461. The van der Waals surface area contributed by atoms with Crippen molar-refractivity contribution < 1.29 is 24.3 Å². The van der Waals surface area contributed by atoms with Crippen LogP contribution in [0.4, 0.5) is 0 Å². The van der Waals surface area contributed by atoms with Gasteiger partial charge in [0, 0.05) is 39.4 Å². The Labute approximate surface area is 125 Å². The van der Waals surface area contributed by atoms with Crippen LogP contribution < -0.4 is 10.2 Å². The highest BCUT2D eigenvalue weighted by Gasteiger charge is 2.33. The summed E-state index contributed by atoms with van der Waals surface area (Å²) in [5.41, 5.74) is 1.37.